The van der Waals surface area contributed by atoms with Gasteiger partial charge in [0.15, 0.2) is 0 Å². The summed E-state index contributed by atoms with van der Waals surface area (Å²) in [6.45, 7) is 0. The van der Waals surface area contributed by atoms with Crippen molar-refractivity contribution in [1.29, 1.82) is 0 Å². The number of rotatable bonds is 5. The van der Waals surface area contributed by atoms with Crippen molar-refractivity contribution in [3.63, 3.8) is 0 Å². The van der Waals surface area contributed by atoms with Gasteiger partial charge in [-0.25, -0.2) is 5.43 Å². The Bertz CT molecular complexity index is 886. The quantitative estimate of drug-likeness (QED) is 0.427. The molecule has 2 aromatic carbocycles. The number of alkyl halides is 3. The second-order valence-corrected chi connectivity index (χ2v) is 6.02. The lowest BCUT2D eigenvalue weighted by Gasteiger charge is -2.09. The molecule has 10 heteroatoms. The van der Waals surface area contributed by atoms with Crippen molar-refractivity contribution in [3.8, 4) is 0 Å². The standard InChI is InChI=1S/C17H12Cl2F3N3O2/c18-13-6-1-3-10(16(13)19)9-23-25-15(27)8-14(26)24-12-5-2-4-11(7-12)17(20,21)22/h1-7,9H,8H2,(H,24,26)(H,25,27). The van der Waals surface area contributed by atoms with E-state index in [1.807, 2.05) is 0 Å². The minimum absolute atomic E-state index is 0.0724. The van der Waals surface area contributed by atoms with Gasteiger partial charge in [-0.05, 0) is 24.3 Å². The molecule has 2 amide bonds. The second kappa shape index (κ2) is 8.88. The topological polar surface area (TPSA) is 70.6 Å². The lowest BCUT2D eigenvalue weighted by Crippen LogP contribution is -2.24. The maximum atomic E-state index is 12.6. The predicted molar refractivity (Wildman–Crippen MR) is 96.9 cm³/mol. The fourth-order valence-corrected chi connectivity index (χ4v) is 2.31. The van der Waals surface area contributed by atoms with Gasteiger partial charge in [0.25, 0.3) is 0 Å². The van der Waals surface area contributed by atoms with Gasteiger partial charge in [0.1, 0.15) is 6.42 Å². The largest absolute Gasteiger partial charge is 0.416 e. The van der Waals surface area contributed by atoms with Crippen LogP contribution in [-0.4, -0.2) is 18.0 Å². The van der Waals surface area contributed by atoms with Crippen LogP contribution in [0.4, 0.5) is 18.9 Å². The first-order valence-corrected chi connectivity index (χ1v) is 8.15. The maximum absolute atomic E-state index is 12.6. The normalized spacial score (nSPS) is 11.4. The average molecular weight is 418 g/mol. The Hall–Kier alpha value is -2.58. The monoisotopic (exact) mass is 417 g/mol. The van der Waals surface area contributed by atoms with Crippen molar-refractivity contribution >= 4 is 46.9 Å². The average Bonchev–Trinajstić information content (AvgIpc) is 2.58. The molecular formula is C17H12Cl2F3N3O2. The van der Waals surface area contributed by atoms with Crippen LogP contribution in [0.15, 0.2) is 47.6 Å². The molecule has 27 heavy (non-hydrogen) atoms. The Balaban J connectivity index is 1.90. The fourth-order valence-electron chi connectivity index (χ4n) is 1.96. The summed E-state index contributed by atoms with van der Waals surface area (Å²) in [5.41, 5.74) is 1.59. The SMILES string of the molecule is O=C(CC(=O)Nc1cccc(C(F)(F)F)c1)NN=Cc1cccc(Cl)c1Cl. The molecule has 0 heterocycles. The number of nitrogens with zero attached hydrogens (tertiary/aromatic N) is 1. The Kier molecular flexibility index (Phi) is 6.81. The van der Waals surface area contributed by atoms with Crippen molar-refractivity contribution < 1.29 is 22.8 Å². The van der Waals surface area contributed by atoms with Crippen molar-refractivity contribution in [2.45, 2.75) is 12.6 Å². The van der Waals surface area contributed by atoms with E-state index in [2.05, 4.69) is 15.8 Å². The summed E-state index contributed by atoms with van der Waals surface area (Å²) in [6, 6.07) is 8.91. The molecule has 142 valence electrons. The summed E-state index contributed by atoms with van der Waals surface area (Å²) >= 11 is 11.8. The summed E-state index contributed by atoms with van der Waals surface area (Å²) < 4.78 is 37.9. The van der Waals surface area contributed by atoms with Crippen LogP contribution in [0, 0.1) is 0 Å². The first-order valence-electron chi connectivity index (χ1n) is 7.40. The van der Waals surface area contributed by atoms with Crippen LogP contribution in [0.25, 0.3) is 0 Å². The molecule has 2 rings (SSSR count). The van der Waals surface area contributed by atoms with E-state index in [0.29, 0.717) is 10.6 Å². The van der Waals surface area contributed by atoms with E-state index in [-0.39, 0.29) is 10.7 Å². The Morgan fingerprint density at radius 3 is 2.48 bits per heavy atom. The van der Waals surface area contributed by atoms with Gasteiger partial charge in [0.05, 0.1) is 21.8 Å². The lowest BCUT2D eigenvalue weighted by atomic mass is 10.2. The molecule has 2 N–H and O–H groups in total. The van der Waals surface area contributed by atoms with Crippen molar-refractivity contribution in [2.24, 2.45) is 5.10 Å². The van der Waals surface area contributed by atoms with E-state index >= 15 is 0 Å². The molecule has 0 radical (unpaired) electrons. The zero-order valence-electron chi connectivity index (χ0n) is 13.5. The fraction of sp³-hybridized carbons (Fsp3) is 0.118. The van der Waals surface area contributed by atoms with Crippen LogP contribution in [0.1, 0.15) is 17.5 Å². The Morgan fingerprint density at radius 1 is 1.07 bits per heavy atom. The minimum Gasteiger partial charge on any atom is -0.326 e. The number of hydrogen-bond acceptors (Lipinski definition) is 3. The van der Waals surface area contributed by atoms with Crippen molar-refractivity contribution in [2.75, 3.05) is 5.32 Å². The van der Waals surface area contributed by atoms with Crippen LogP contribution < -0.4 is 10.7 Å². The number of hydrazone groups is 1. The van der Waals surface area contributed by atoms with Crippen LogP contribution in [-0.2, 0) is 15.8 Å². The number of benzene rings is 2. The lowest BCUT2D eigenvalue weighted by molar-refractivity contribution is -0.137. The van der Waals surface area contributed by atoms with E-state index in [4.69, 9.17) is 23.2 Å². The smallest absolute Gasteiger partial charge is 0.326 e. The van der Waals surface area contributed by atoms with Crippen molar-refractivity contribution in [3.05, 3.63) is 63.6 Å². The molecule has 0 bridgehead atoms. The summed E-state index contributed by atoms with van der Waals surface area (Å²) in [7, 11) is 0. The number of amides is 2. The minimum atomic E-state index is -4.53. The van der Waals surface area contributed by atoms with Crippen LogP contribution in [0.3, 0.4) is 0 Å². The highest BCUT2D eigenvalue weighted by Gasteiger charge is 2.30. The van der Waals surface area contributed by atoms with Gasteiger partial charge in [-0.1, -0.05) is 41.4 Å². The van der Waals surface area contributed by atoms with E-state index in [9.17, 15) is 22.8 Å². The third-order valence-electron chi connectivity index (χ3n) is 3.17. The molecule has 0 aliphatic carbocycles. The molecular weight excluding hydrogens is 406 g/mol. The second-order valence-electron chi connectivity index (χ2n) is 5.24. The number of carbonyl (C=O) groups excluding carboxylic acids is 2. The third kappa shape index (κ3) is 6.26. The third-order valence-corrected chi connectivity index (χ3v) is 4.00. The van der Waals surface area contributed by atoms with Crippen molar-refractivity contribution in [1.82, 2.24) is 5.43 Å². The summed E-state index contributed by atoms with van der Waals surface area (Å²) in [6.07, 6.45) is -3.91. The first kappa shape index (κ1) is 20.7. The number of carbonyl (C=O) groups is 2. The van der Waals surface area contributed by atoms with Gasteiger partial charge in [-0.15, -0.1) is 0 Å². The maximum Gasteiger partial charge on any atom is 0.416 e. The Labute approximate surface area is 162 Å². The van der Waals surface area contributed by atoms with E-state index in [1.165, 1.54) is 12.3 Å². The highest BCUT2D eigenvalue weighted by molar-refractivity contribution is 6.43. The molecule has 0 spiro atoms. The molecule has 0 atom stereocenters. The van der Waals surface area contributed by atoms with Crippen LogP contribution in [0.2, 0.25) is 10.0 Å². The molecule has 0 unspecified atom stereocenters. The van der Waals surface area contributed by atoms with Gasteiger partial charge >= 0.3 is 6.18 Å². The molecule has 0 aliphatic rings. The van der Waals surface area contributed by atoms with Crippen LogP contribution in [0.5, 0.6) is 0 Å². The van der Waals surface area contributed by atoms with E-state index < -0.39 is 30.0 Å². The predicted octanol–water partition coefficient (Wildman–Crippen LogP) is 4.49. The Morgan fingerprint density at radius 2 is 1.78 bits per heavy atom. The highest BCUT2D eigenvalue weighted by Crippen LogP contribution is 2.30. The summed E-state index contributed by atoms with van der Waals surface area (Å²) in [4.78, 5) is 23.5. The molecule has 0 fully saturated rings. The molecule has 0 saturated carbocycles. The zero-order chi connectivity index (χ0) is 20.0. The highest BCUT2D eigenvalue weighted by atomic mass is 35.5. The molecule has 5 nitrogen and oxygen atoms in total. The van der Waals surface area contributed by atoms with E-state index in [1.54, 1.807) is 18.2 Å². The number of anilines is 1. The summed E-state index contributed by atoms with van der Waals surface area (Å²) in [5, 5.41) is 6.44. The number of nitrogens with one attached hydrogen (secondary N) is 2. The molecule has 0 aromatic heterocycles. The van der Waals surface area contributed by atoms with Crippen LogP contribution >= 0.6 is 23.2 Å². The molecule has 0 aliphatic heterocycles. The number of hydrogen-bond donors (Lipinski definition) is 2. The van der Waals surface area contributed by atoms with Gasteiger partial charge in [0, 0.05) is 11.3 Å². The van der Waals surface area contributed by atoms with Gasteiger partial charge in [0.2, 0.25) is 11.8 Å². The molecule has 2 aromatic rings. The summed E-state index contributed by atoms with van der Waals surface area (Å²) in [5.74, 6) is -1.54. The van der Waals surface area contributed by atoms with Gasteiger partial charge in [-0.3, -0.25) is 9.59 Å². The van der Waals surface area contributed by atoms with E-state index in [0.717, 1.165) is 18.2 Å². The zero-order valence-corrected chi connectivity index (χ0v) is 15.0. The first-order chi connectivity index (χ1) is 12.7. The van der Waals surface area contributed by atoms with Gasteiger partial charge in [-0.2, -0.15) is 18.3 Å². The van der Waals surface area contributed by atoms with Gasteiger partial charge < -0.3 is 5.32 Å². The number of halogens is 5. The molecule has 0 saturated heterocycles.